The summed E-state index contributed by atoms with van der Waals surface area (Å²) in [5.41, 5.74) is 0.223. The number of pyridine rings is 1. The quantitative estimate of drug-likeness (QED) is 0.356. The van der Waals surface area contributed by atoms with Gasteiger partial charge in [0.1, 0.15) is 5.69 Å². The average molecular weight is 246 g/mol. The molecule has 0 aliphatic heterocycles. The molecule has 0 atom stereocenters. The zero-order valence-corrected chi connectivity index (χ0v) is 10.4. The van der Waals surface area contributed by atoms with Crippen LogP contribution in [0.25, 0.3) is 11.5 Å². The summed E-state index contributed by atoms with van der Waals surface area (Å²) in [5.74, 6) is 0.798. The monoisotopic (exact) mass is 246 g/mol. The number of aromatic nitrogens is 5. The van der Waals surface area contributed by atoms with Crippen LogP contribution in [0, 0.1) is 5.41 Å². The zero-order valence-electron chi connectivity index (χ0n) is 10.4. The van der Waals surface area contributed by atoms with E-state index in [2.05, 4.69) is 25.7 Å². The Hall–Kier alpha value is -2.31. The van der Waals surface area contributed by atoms with Crippen LogP contribution in [0.5, 0.6) is 0 Å². The maximum atomic E-state index is 9.16. The van der Waals surface area contributed by atoms with Gasteiger partial charge in [-0.1, -0.05) is 32.0 Å². The summed E-state index contributed by atoms with van der Waals surface area (Å²) in [4.78, 5) is 4.18. The fourth-order valence-electron chi connectivity index (χ4n) is 1.49. The van der Waals surface area contributed by atoms with Crippen molar-refractivity contribution in [2.75, 3.05) is 0 Å². The lowest BCUT2D eigenvalue weighted by Crippen LogP contribution is -2.29. The number of hydrogen-bond donors (Lipinski definition) is 1. The minimum Gasteiger partial charge on any atom is -0.409 e. The molecule has 7 nitrogen and oxygen atoms in total. The molecule has 0 unspecified atom stereocenters. The van der Waals surface area contributed by atoms with Gasteiger partial charge in [-0.3, -0.25) is 4.98 Å². The number of hydrogen-bond acceptors (Lipinski definition) is 6. The molecule has 0 amide bonds. The maximum Gasteiger partial charge on any atom is 0.207 e. The summed E-state index contributed by atoms with van der Waals surface area (Å²) in [6.07, 6.45) is 1.65. The van der Waals surface area contributed by atoms with Crippen LogP contribution in [0.4, 0.5) is 0 Å². The van der Waals surface area contributed by atoms with Crippen molar-refractivity contribution in [2.45, 2.75) is 20.8 Å². The van der Waals surface area contributed by atoms with Crippen molar-refractivity contribution in [3.8, 4) is 11.5 Å². The van der Waals surface area contributed by atoms with E-state index in [-0.39, 0.29) is 0 Å². The van der Waals surface area contributed by atoms with E-state index >= 15 is 0 Å². The van der Waals surface area contributed by atoms with E-state index in [0.717, 1.165) is 0 Å². The van der Waals surface area contributed by atoms with Gasteiger partial charge in [-0.25, -0.2) is 0 Å². The number of rotatable bonds is 1. The lowest BCUT2D eigenvalue weighted by molar-refractivity contribution is 0.306. The van der Waals surface area contributed by atoms with Crippen molar-refractivity contribution in [2.24, 2.45) is 10.6 Å². The second-order valence-electron chi connectivity index (χ2n) is 4.80. The van der Waals surface area contributed by atoms with Crippen LogP contribution in [-0.2, 0) is 0 Å². The van der Waals surface area contributed by atoms with E-state index in [4.69, 9.17) is 5.21 Å². The predicted molar refractivity (Wildman–Crippen MR) is 65.1 cm³/mol. The molecule has 2 aromatic heterocycles. The third-order valence-corrected chi connectivity index (χ3v) is 2.33. The van der Waals surface area contributed by atoms with E-state index in [1.165, 1.54) is 4.68 Å². The molecule has 0 aromatic carbocycles. The van der Waals surface area contributed by atoms with Gasteiger partial charge in [0.15, 0.2) is 5.84 Å². The van der Waals surface area contributed by atoms with Crippen molar-refractivity contribution in [1.29, 1.82) is 0 Å². The first-order valence-corrected chi connectivity index (χ1v) is 5.46. The molecule has 0 fully saturated rings. The SMILES string of the molecule is CC(C)(C)/C(=N/O)n1nnnc1-c1ccccn1. The number of oxime groups is 1. The standard InChI is InChI=1S/C11H14N6O/c1-11(2,3)10(14-18)17-9(13-15-16-17)8-6-4-5-7-12-8/h4-7,18H,1-3H3/b14-10-. The molecule has 0 aliphatic carbocycles. The second kappa shape index (κ2) is 4.52. The largest absolute Gasteiger partial charge is 0.409 e. The molecule has 0 radical (unpaired) electrons. The minimum absolute atomic E-state index is 0.355. The summed E-state index contributed by atoms with van der Waals surface area (Å²) < 4.78 is 1.39. The summed E-state index contributed by atoms with van der Waals surface area (Å²) >= 11 is 0. The molecule has 2 rings (SSSR count). The van der Waals surface area contributed by atoms with Crippen LogP contribution in [0.1, 0.15) is 20.8 Å². The van der Waals surface area contributed by atoms with Gasteiger partial charge in [-0.05, 0) is 22.6 Å². The second-order valence-corrected chi connectivity index (χ2v) is 4.80. The Morgan fingerprint density at radius 1 is 1.33 bits per heavy atom. The molecular formula is C11H14N6O. The molecule has 0 aliphatic rings. The van der Waals surface area contributed by atoms with Crippen LogP contribution in [0.3, 0.4) is 0 Å². The van der Waals surface area contributed by atoms with E-state index in [1.807, 2.05) is 32.9 Å². The van der Waals surface area contributed by atoms with Crippen LogP contribution in [0.2, 0.25) is 0 Å². The van der Waals surface area contributed by atoms with Gasteiger partial charge < -0.3 is 5.21 Å². The van der Waals surface area contributed by atoms with E-state index in [1.54, 1.807) is 12.3 Å². The Morgan fingerprint density at radius 3 is 2.67 bits per heavy atom. The highest BCUT2D eigenvalue weighted by molar-refractivity contribution is 5.90. The molecule has 2 aromatic rings. The van der Waals surface area contributed by atoms with Crippen LogP contribution in [-0.4, -0.2) is 36.2 Å². The molecule has 18 heavy (non-hydrogen) atoms. The van der Waals surface area contributed by atoms with Crippen molar-refractivity contribution in [3.63, 3.8) is 0 Å². The zero-order chi connectivity index (χ0) is 13.2. The van der Waals surface area contributed by atoms with Crippen molar-refractivity contribution >= 4 is 5.84 Å². The van der Waals surface area contributed by atoms with E-state index in [0.29, 0.717) is 17.4 Å². The first kappa shape index (κ1) is 12.2. The van der Waals surface area contributed by atoms with Crippen LogP contribution < -0.4 is 0 Å². The molecule has 7 heteroatoms. The molecule has 0 bridgehead atoms. The smallest absolute Gasteiger partial charge is 0.207 e. The Balaban J connectivity index is 2.53. The fraction of sp³-hybridized carbons (Fsp3) is 0.364. The average Bonchev–Trinajstić information content (AvgIpc) is 2.78. The normalized spacial score (nSPS) is 12.7. The highest BCUT2D eigenvalue weighted by Gasteiger charge is 2.26. The van der Waals surface area contributed by atoms with Crippen LogP contribution in [0.15, 0.2) is 29.6 Å². The van der Waals surface area contributed by atoms with E-state index in [9.17, 15) is 0 Å². The summed E-state index contributed by atoms with van der Waals surface area (Å²) in [5, 5.41) is 23.8. The van der Waals surface area contributed by atoms with Gasteiger partial charge in [0, 0.05) is 11.6 Å². The molecular weight excluding hydrogens is 232 g/mol. The van der Waals surface area contributed by atoms with E-state index < -0.39 is 5.41 Å². The topological polar surface area (TPSA) is 89.1 Å². The molecule has 2 heterocycles. The minimum atomic E-state index is -0.395. The van der Waals surface area contributed by atoms with Gasteiger partial charge in [0.05, 0.1) is 0 Å². The first-order chi connectivity index (χ1) is 8.54. The molecule has 94 valence electrons. The van der Waals surface area contributed by atoms with Gasteiger partial charge in [0.25, 0.3) is 0 Å². The summed E-state index contributed by atoms with van der Waals surface area (Å²) in [6.45, 7) is 5.73. The highest BCUT2D eigenvalue weighted by atomic mass is 16.4. The number of nitrogens with zero attached hydrogens (tertiary/aromatic N) is 6. The molecule has 1 N–H and O–H groups in total. The molecule has 0 spiro atoms. The lowest BCUT2D eigenvalue weighted by atomic mass is 9.95. The maximum absolute atomic E-state index is 9.16. The van der Waals surface area contributed by atoms with Gasteiger partial charge in [0.2, 0.25) is 5.82 Å². The van der Waals surface area contributed by atoms with Gasteiger partial charge in [-0.15, -0.1) is 5.10 Å². The van der Waals surface area contributed by atoms with Crippen molar-refractivity contribution in [3.05, 3.63) is 24.4 Å². The Morgan fingerprint density at radius 2 is 2.11 bits per heavy atom. The Labute approximate surface area is 104 Å². The Kier molecular flexibility index (Phi) is 3.05. The van der Waals surface area contributed by atoms with Gasteiger partial charge in [-0.2, -0.15) is 4.68 Å². The highest BCUT2D eigenvalue weighted by Crippen LogP contribution is 2.20. The third-order valence-electron chi connectivity index (χ3n) is 2.33. The van der Waals surface area contributed by atoms with Crippen molar-refractivity contribution in [1.82, 2.24) is 25.2 Å². The van der Waals surface area contributed by atoms with Crippen LogP contribution >= 0.6 is 0 Å². The van der Waals surface area contributed by atoms with Crippen molar-refractivity contribution < 1.29 is 5.21 Å². The third kappa shape index (κ3) is 2.20. The first-order valence-electron chi connectivity index (χ1n) is 5.46. The predicted octanol–water partition coefficient (Wildman–Crippen LogP) is 1.42. The lowest BCUT2D eigenvalue weighted by Gasteiger charge is -2.19. The summed E-state index contributed by atoms with van der Waals surface area (Å²) in [6, 6.07) is 5.44. The van der Waals surface area contributed by atoms with Gasteiger partial charge >= 0.3 is 0 Å². The molecule has 0 saturated heterocycles. The fourth-order valence-corrected chi connectivity index (χ4v) is 1.49. The summed E-state index contributed by atoms with van der Waals surface area (Å²) in [7, 11) is 0. The number of tetrazole rings is 1. The molecule has 0 saturated carbocycles. The Bertz CT molecular complexity index is 554.